The van der Waals surface area contributed by atoms with E-state index in [9.17, 15) is 9.59 Å². The van der Waals surface area contributed by atoms with Gasteiger partial charge in [-0.05, 0) is 6.42 Å². The summed E-state index contributed by atoms with van der Waals surface area (Å²) in [5, 5.41) is 3.81. The molecule has 1 rings (SSSR count). The lowest BCUT2D eigenvalue weighted by atomic mass is 10.3. The maximum Gasteiger partial charge on any atom is 0.328 e. The molecule has 1 aromatic heterocycles. The van der Waals surface area contributed by atoms with Crippen molar-refractivity contribution in [3.63, 3.8) is 0 Å². The zero-order chi connectivity index (χ0) is 12.1. The third kappa shape index (κ3) is 3.26. The second-order valence-electron chi connectivity index (χ2n) is 3.26. The lowest BCUT2D eigenvalue weighted by molar-refractivity contribution is -0.155. The van der Waals surface area contributed by atoms with E-state index in [1.54, 1.807) is 6.92 Å². The lowest BCUT2D eigenvalue weighted by Gasteiger charge is -2.12. The molecule has 0 fully saturated rings. The molecule has 1 unspecified atom stereocenters. The van der Waals surface area contributed by atoms with Gasteiger partial charge < -0.3 is 16.2 Å². The molecule has 0 aliphatic heterocycles. The lowest BCUT2D eigenvalue weighted by Crippen LogP contribution is -2.33. The molecule has 1 heterocycles. The highest BCUT2D eigenvalue weighted by atomic mass is 16.5. The van der Waals surface area contributed by atoms with E-state index < -0.39 is 18.0 Å². The molecule has 7 heteroatoms. The highest BCUT2D eigenvalue weighted by Crippen LogP contribution is 2.01. The molecule has 1 atom stereocenters. The van der Waals surface area contributed by atoms with Crippen molar-refractivity contribution in [1.82, 2.24) is 9.78 Å². The number of carbonyl (C=O) groups excluding carboxylic acids is 2. The molecule has 1 aromatic rings. The number of esters is 1. The van der Waals surface area contributed by atoms with Crippen LogP contribution in [-0.2, 0) is 20.9 Å². The van der Waals surface area contributed by atoms with Gasteiger partial charge in [0.2, 0.25) is 0 Å². The number of nitrogens with zero attached hydrogens (tertiary/aromatic N) is 2. The van der Waals surface area contributed by atoms with Crippen molar-refractivity contribution >= 4 is 17.6 Å². The van der Waals surface area contributed by atoms with Crippen LogP contribution in [0.2, 0.25) is 0 Å². The van der Waals surface area contributed by atoms with Gasteiger partial charge >= 0.3 is 5.97 Å². The number of aromatic nitrogens is 2. The predicted octanol–water partition coefficient (Wildman–Crippen LogP) is -0.728. The number of nitrogens with two attached hydrogens (primary N) is 2. The Labute approximate surface area is 92.3 Å². The van der Waals surface area contributed by atoms with Crippen LogP contribution in [0.15, 0.2) is 12.4 Å². The molecule has 0 bridgehead atoms. The van der Waals surface area contributed by atoms with Crippen molar-refractivity contribution in [2.75, 3.05) is 5.73 Å². The van der Waals surface area contributed by atoms with Gasteiger partial charge in [-0.25, -0.2) is 0 Å². The van der Waals surface area contributed by atoms with E-state index in [4.69, 9.17) is 16.2 Å². The molecule has 0 saturated heterocycles. The first-order valence-corrected chi connectivity index (χ1v) is 4.79. The van der Waals surface area contributed by atoms with Gasteiger partial charge in [-0.15, -0.1) is 0 Å². The first kappa shape index (κ1) is 12.0. The summed E-state index contributed by atoms with van der Waals surface area (Å²) in [6, 6.07) is 0. The third-order valence-corrected chi connectivity index (χ3v) is 1.91. The van der Waals surface area contributed by atoms with Gasteiger partial charge in [0.15, 0.2) is 6.10 Å². The van der Waals surface area contributed by atoms with E-state index in [-0.39, 0.29) is 6.54 Å². The maximum absolute atomic E-state index is 11.4. The normalized spacial score (nSPS) is 12.1. The van der Waals surface area contributed by atoms with Crippen LogP contribution in [0.5, 0.6) is 0 Å². The minimum atomic E-state index is -0.889. The highest BCUT2D eigenvalue weighted by Gasteiger charge is 2.18. The first-order valence-electron chi connectivity index (χ1n) is 4.79. The van der Waals surface area contributed by atoms with Crippen LogP contribution in [0.3, 0.4) is 0 Å². The summed E-state index contributed by atoms with van der Waals surface area (Å²) < 4.78 is 6.18. The second-order valence-corrected chi connectivity index (χ2v) is 3.26. The molecule has 88 valence electrons. The molecule has 16 heavy (non-hydrogen) atoms. The van der Waals surface area contributed by atoms with Gasteiger partial charge in [0.1, 0.15) is 6.54 Å². The summed E-state index contributed by atoms with van der Waals surface area (Å²) in [6.45, 7) is 1.61. The van der Waals surface area contributed by atoms with E-state index in [0.29, 0.717) is 12.1 Å². The Bertz CT molecular complexity index is 388. The monoisotopic (exact) mass is 226 g/mol. The van der Waals surface area contributed by atoms with Crippen molar-refractivity contribution in [3.05, 3.63) is 12.4 Å². The number of carbonyl (C=O) groups is 2. The fraction of sp³-hybridized carbons (Fsp3) is 0.444. The summed E-state index contributed by atoms with van der Waals surface area (Å²) in [6.07, 6.45) is 2.37. The molecule has 1 amide bonds. The average Bonchev–Trinajstić information content (AvgIpc) is 2.60. The van der Waals surface area contributed by atoms with Crippen LogP contribution in [0.25, 0.3) is 0 Å². The zero-order valence-electron chi connectivity index (χ0n) is 8.92. The van der Waals surface area contributed by atoms with Crippen LogP contribution >= 0.6 is 0 Å². The summed E-state index contributed by atoms with van der Waals surface area (Å²) in [7, 11) is 0. The van der Waals surface area contributed by atoms with E-state index in [2.05, 4.69) is 5.10 Å². The molecule has 4 N–H and O–H groups in total. The average molecular weight is 226 g/mol. The zero-order valence-corrected chi connectivity index (χ0v) is 8.92. The third-order valence-electron chi connectivity index (χ3n) is 1.91. The van der Waals surface area contributed by atoms with Gasteiger partial charge in [-0.1, -0.05) is 6.92 Å². The molecule has 0 radical (unpaired) electrons. The Morgan fingerprint density at radius 1 is 1.62 bits per heavy atom. The minimum absolute atomic E-state index is 0.0963. The Kier molecular flexibility index (Phi) is 3.87. The Morgan fingerprint density at radius 2 is 2.31 bits per heavy atom. The van der Waals surface area contributed by atoms with Crippen LogP contribution in [0, 0.1) is 0 Å². The number of amides is 1. The van der Waals surface area contributed by atoms with Crippen molar-refractivity contribution in [2.45, 2.75) is 26.0 Å². The van der Waals surface area contributed by atoms with Crippen molar-refractivity contribution < 1.29 is 14.3 Å². The van der Waals surface area contributed by atoms with Crippen LogP contribution in [-0.4, -0.2) is 27.8 Å². The first-order chi connectivity index (χ1) is 7.52. The summed E-state index contributed by atoms with van der Waals surface area (Å²) >= 11 is 0. The number of ether oxygens (including phenoxy) is 1. The van der Waals surface area contributed by atoms with E-state index in [0.717, 1.165) is 0 Å². The van der Waals surface area contributed by atoms with E-state index in [1.807, 2.05) is 0 Å². The Hall–Kier alpha value is -2.05. The van der Waals surface area contributed by atoms with E-state index >= 15 is 0 Å². The minimum Gasteiger partial charge on any atom is -0.451 e. The van der Waals surface area contributed by atoms with Gasteiger partial charge in [-0.2, -0.15) is 5.10 Å². The number of anilines is 1. The topological polar surface area (TPSA) is 113 Å². The maximum atomic E-state index is 11.4. The molecular weight excluding hydrogens is 212 g/mol. The number of hydrogen-bond donors (Lipinski definition) is 2. The van der Waals surface area contributed by atoms with Crippen LogP contribution in [0.1, 0.15) is 13.3 Å². The number of hydrogen-bond acceptors (Lipinski definition) is 5. The smallest absolute Gasteiger partial charge is 0.328 e. The van der Waals surface area contributed by atoms with Gasteiger partial charge in [-0.3, -0.25) is 14.3 Å². The fourth-order valence-electron chi connectivity index (χ4n) is 1.14. The number of nitrogen functional groups attached to an aromatic ring is 1. The molecule has 0 aliphatic rings. The SMILES string of the molecule is CCC(OC(=O)Cn1cc(N)cn1)C(N)=O. The second kappa shape index (κ2) is 5.15. The number of rotatable bonds is 5. The van der Waals surface area contributed by atoms with Crippen molar-refractivity contribution in [1.29, 1.82) is 0 Å². The summed E-state index contributed by atoms with van der Waals surface area (Å²) in [5.74, 6) is -1.23. The van der Waals surface area contributed by atoms with Gasteiger partial charge in [0.05, 0.1) is 11.9 Å². The number of primary amides is 1. The highest BCUT2D eigenvalue weighted by molar-refractivity contribution is 5.82. The Balaban J connectivity index is 2.50. The largest absolute Gasteiger partial charge is 0.451 e. The molecular formula is C9H14N4O3. The fourth-order valence-corrected chi connectivity index (χ4v) is 1.14. The standard InChI is InChI=1S/C9H14N4O3/c1-2-7(9(11)15)16-8(14)5-13-4-6(10)3-12-13/h3-4,7H,2,5,10H2,1H3,(H2,11,15). The molecule has 7 nitrogen and oxygen atoms in total. The molecule has 0 saturated carbocycles. The van der Waals surface area contributed by atoms with Crippen LogP contribution in [0.4, 0.5) is 5.69 Å². The quantitative estimate of drug-likeness (QED) is 0.643. The molecule has 0 aliphatic carbocycles. The van der Waals surface area contributed by atoms with E-state index in [1.165, 1.54) is 17.1 Å². The predicted molar refractivity (Wildman–Crippen MR) is 56.0 cm³/mol. The molecule has 0 aromatic carbocycles. The van der Waals surface area contributed by atoms with Crippen molar-refractivity contribution in [2.24, 2.45) is 5.73 Å². The van der Waals surface area contributed by atoms with Crippen LogP contribution < -0.4 is 11.5 Å². The molecule has 0 spiro atoms. The summed E-state index contributed by atoms with van der Waals surface area (Å²) in [4.78, 5) is 22.2. The Morgan fingerprint density at radius 3 is 2.75 bits per heavy atom. The summed E-state index contributed by atoms with van der Waals surface area (Å²) in [5.41, 5.74) is 10.9. The van der Waals surface area contributed by atoms with Crippen molar-refractivity contribution in [3.8, 4) is 0 Å². The van der Waals surface area contributed by atoms with Gasteiger partial charge in [0.25, 0.3) is 5.91 Å². The van der Waals surface area contributed by atoms with Gasteiger partial charge in [0, 0.05) is 6.20 Å².